The summed E-state index contributed by atoms with van der Waals surface area (Å²) in [5.74, 6) is -1.66. The van der Waals surface area contributed by atoms with Gasteiger partial charge in [-0.05, 0) is 41.8 Å². The number of anilines is 2. The number of benzene rings is 3. The molecule has 5 heteroatoms. The zero-order valence-electron chi connectivity index (χ0n) is 16.8. The van der Waals surface area contributed by atoms with Crippen LogP contribution in [0.4, 0.5) is 11.4 Å². The Kier molecular flexibility index (Phi) is 5.70. The highest BCUT2D eigenvalue weighted by Crippen LogP contribution is 2.26. The molecule has 0 fully saturated rings. The molecule has 1 aliphatic heterocycles. The number of nitrogens with zero attached hydrogens (tertiary/aromatic N) is 2. The minimum atomic E-state index is -0.962. The van der Waals surface area contributed by atoms with Gasteiger partial charge in [-0.1, -0.05) is 67.6 Å². The summed E-state index contributed by atoms with van der Waals surface area (Å²) in [6.45, 7) is 2.06. The molecule has 0 aromatic heterocycles. The zero-order valence-corrected chi connectivity index (χ0v) is 16.8. The Morgan fingerprint density at radius 3 is 2.30 bits per heavy atom. The topological polar surface area (TPSA) is 61.8 Å². The third-order valence-corrected chi connectivity index (χ3v) is 5.11. The maximum Gasteiger partial charge on any atom is 0.265 e. The van der Waals surface area contributed by atoms with Crippen LogP contribution >= 0.6 is 0 Å². The lowest BCUT2D eigenvalue weighted by atomic mass is 9.96. The van der Waals surface area contributed by atoms with E-state index in [-0.39, 0.29) is 11.8 Å². The van der Waals surface area contributed by atoms with Crippen molar-refractivity contribution < 1.29 is 9.59 Å². The first-order valence-electron chi connectivity index (χ1n) is 10.1. The molecule has 0 saturated heterocycles. The molecular formula is C25H23N3O2. The quantitative estimate of drug-likeness (QED) is 0.625. The zero-order chi connectivity index (χ0) is 20.9. The summed E-state index contributed by atoms with van der Waals surface area (Å²) in [5, 5.41) is 8.80. The summed E-state index contributed by atoms with van der Waals surface area (Å²) in [4.78, 5) is 26.4. The van der Waals surface area contributed by atoms with Crippen LogP contribution in [-0.2, 0) is 22.4 Å². The van der Waals surface area contributed by atoms with E-state index >= 15 is 0 Å². The van der Waals surface area contributed by atoms with Crippen molar-refractivity contribution in [2.75, 3.05) is 10.3 Å². The molecule has 30 heavy (non-hydrogen) atoms. The van der Waals surface area contributed by atoms with Gasteiger partial charge in [-0.3, -0.25) is 9.59 Å². The number of rotatable bonds is 6. The Hall–Kier alpha value is -3.73. The van der Waals surface area contributed by atoms with Gasteiger partial charge in [0.2, 0.25) is 5.91 Å². The van der Waals surface area contributed by atoms with Crippen molar-refractivity contribution in [3.8, 4) is 0 Å². The predicted molar refractivity (Wildman–Crippen MR) is 119 cm³/mol. The fourth-order valence-corrected chi connectivity index (χ4v) is 3.54. The molecule has 0 bridgehead atoms. The molecule has 1 atom stereocenters. The first-order valence-corrected chi connectivity index (χ1v) is 10.1. The molecule has 2 amide bonds. The maximum atomic E-state index is 13.2. The Balaban J connectivity index is 1.63. The number of nitrogens with one attached hydrogen (secondary N) is 1. The van der Waals surface area contributed by atoms with Crippen LogP contribution in [0.15, 0.2) is 90.0 Å². The highest BCUT2D eigenvalue weighted by molar-refractivity contribution is 6.29. The first kappa shape index (κ1) is 19.6. The van der Waals surface area contributed by atoms with E-state index in [9.17, 15) is 9.59 Å². The van der Waals surface area contributed by atoms with Crippen molar-refractivity contribution in [2.24, 2.45) is 11.0 Å². The smallest absolute Gasteiger partial charge is 0.265 e. The van der Waals surface area contributed by atoms with Crippen molar-refractivity contribution in [3.63, 3.8) is 0 Å². The van der Waals surface area contributed by atoms with Crippen LogP contribution < -0.4 is 10.3 Å². The first-order chi connectivity index (χ1) is 14.7. The van der Waals surface area contributed by atoms with Crippen LogP contribution in [0.2, 0.25) is 0 Å². The molecule has 1 heterocycles. The van der Waals surface area contributed by atoms with Gasteiger partial charge in [0.1, 0.15) is 0 Å². The number of hydrogen-bond donors (Lipinski definition) is 1. The number of carbonyl (C=O) groups is 2. The van der Waals surface area contributed by atoms with Crippen LogP contribution in [0.1, 0.15) is 18.1 Å². The predicted octanol–water partition coefficient (Wildman–Crippen LogP) is 4.45. The maximum absolute atomic E-state index is 13.2. The third-order valence-electron chi connectivity index (χ3n) is 5.11. The van der Waals surface area contributed by atoms with Crippen LogP contribution in [-0.4, -0.2) is 17.5 Å². The van der Waals surface area contributed by atoms with E-state index in [2.05, 4.69) is 17.3 Å². The lowest BCUT2D eigenvalue weighted by molar-refractivity contribution is -0.127. The van der Waals surface area contributed by atoms with Crippen molar-refractivity contribution in [3.05, 3.63) is 96.1 Å². The third kappa shape index (κ3) is 4.15. The molecule has 4 rings (SSSR count). The standard InChI is InChI=1S/C25H23N3O2/c1-2-18-12-9-13-20(16-18)26-24(29)23-22(17-19-10-5-3-6-11-19)27-28(25(23)30)21-14-7-4-8-15-21/h3-16,23H,2,17H2,1H3,(H,26,29). The molecule has 5 nitrogen and oxygen atoms in total. The number of carbonyl (C=O) groups excluding carboxylic acids is 2. The van der Waals surface area contributed by atoms with E-state index in [1.165, 1.54) is 5.01 Å². The van der Waals surface area contributed by atoms with Gasteiger partial charge in [0.25, 0.3) is 5.91 Å². The second-order valence-electron chi connectivity index (χ2n) is 7.22. The molecule has 0 saturated carbocycles. The van der Waals surface area contributed by atoms with Gasteiger partial charge in [-0.25, -0.2) is 0 Å². The summed E-state index contributed by atoms with van der Waals surface area (Å²) in [7, 11) is 0. The molecule has 1 N–H and O–H groups in total. The van der Waals surface area contributed by atoms with Gasteiger partial charge in [0, 0.05) is 12.1 Å². The van der Waals surface area contributed by atoms with E-state index < -0.39 is 5.92 Å². The van der Waals surface area contributed by atoms with Gasteiger partial charge in [0.15, 0.2) is 5.92 Å². The highest BCUT2D eigenvalue weighted by atomic mass is 16.2. The Morgan fingerprint density at radius 1 is 0.933 bits per heavy atom. The number of hydrazone groups is 1. The monoisotopic (exact) mass is 397 g/mol. The number of para-hydroxylation sites is 1. The second kappa shape index (κ2) is 8.74. The average Bonchev–Trinajstić information content (AvgIpc) is 3.11. The van der Waals surface area contributed by atoms with Crippen molar-refractivity contribution >= 4 is 28.9 Å². The molecule has 0 radical (unpaired) electrons. The van der Waals surface area contributed by atoms with Crippen LogP contribution in [0.5, 0.6) is 0 Å². The van der Waals surface area contributed by atoms with Crippen molar-refractivity contribution in [1.82, 2.24) is 0 Å². The summed E-state index contributed by atoms with van der Waals surface area (Å²) >= 11 is 0. The lowest BCUT2D eigenvalue weighted by Gasteiger charge is -2.15. The lowest BCUT2D eigenvalue weighted by Crippen LogP contribution is -2.37. The summed E-state index contributed by atoms with van der Waals surface area (Å²) in [6.07, 6.45) is 1.30. The Morgan fingerprint density at radius 2 is 1.60 bits per heavy atom. The molecule has 0 spiro atoms. The molecule has 1 unspecified atom stereocenters. The van der Waals surface area contributed by atoms with Gasteiger partial charge in [0.05, 0.1) is 11.4 Å². The molecule has 1 aliphatic rings. The SMILES string of the molecule is CCc1cccc(NC(=O)C2C(=O)N(c3ccccc3)N=C2Cc2ccccc2)c1. The number of aryl methyl sites for hydroxylation is 1. The second-order valence-corrected chi connectivity index (χ2v) is 7.22. The summed E-state index contributed by atoms with van der Waals surface area (Å²) < 4.78 is 0. The summed E-state index contributed by atoms with van der Waals surface area (Å²) in [6, 6.07) is 26.6. The normalized spacial score (nSPS) is 15.8. The molecule has 150 valence electrons. The number of amides is 2. The molecule has 3 aromatic rings. The van der Waals surface area contributed by atoms with E-state index in [0.717, 1.165) is 17.5 Å². The summed E-state index contributed by atoms with van der Waals surface area (Å²) in [5.41, 5.74) is 4.00. The Labute approximate surface area is 176 Å². The van der Waals surface area contributed by atoms with Crippen molar-refractivity contribution in [2.45, 2.75) is 19.8 Å². The van der Waals surface area contributed by atoms with Gasteiger partial charge in [-0.15, -0.1) is 0 Å². The minimum Gasteiger partial charge on any atom is -0.325 e. The molecular weight excluding hydrogens is 374 g/mol. The largest absolute Gasteiger partial charge is 0.325 e. The van der Waals surface area contributed by atoms with E-state index in [1.807, 2.05) is 84.9 Å². The average molecular weight is 397 g/mol. The van der Waals surface area contributed by atoms with E-state index in [0.29, 0.717) is 23.5 Å². The Bertz CT molecular complexity index is 1080. The van der Waals surface area contributed by atoms with E-state index in [4.69, 9.17) is 0 Å². The van der Waals surface area contributed by atoms with Gasteiger partial charge >= 0.3 is 0 Å². The number of hydrogen-bond acceptors (Lipinski definition) is 3. The van der Waals surface area contributed by atoms with Gasteiger partial charge < -0.3 is 5.32 Å². The minimum absolute atomic E-state index is 0.337. The fourth-order valence-electron chi connectivity index (χ4n) is 3.54. The molecule has 0 aliphatic carbocycles. The highest BCUT2D eigenvalue weighted by Gasteiger charge is 2.41. The van der Waals surface area contributed by atoms with Crippen LogP contribution in [0.3, 0.4) is 0 Å². The fraction of sp³-hybridized carbons (Fsp3) is 0.160. The van der Waals surface area contributed by atoms with E-state index in [1.54, 1.807) is 0 Å². The molecule has 3 aromatic carbocycles. The van der Waals surface area contributed by atoms with Crippen molar-refractivity contribution in [1.29, 1.82) is 0 Å². The van der Waals surface area contributed by atoms with Gasteiger partial charge in [-0.2, -0.15) is 10.1 Å². The van der Waals surface area contributed by atoms with Crippen LogP contribution in [0.25, 0.3) is 0 Å². The van der Waals surface area contributed by atoms with Crippen LogP contribution in [0, 0.1) is 5.92 Å².